The molecule has 6 nitrogen and oxygen atoms in total. The number of fused-ring (bicyclic) bond motifs is 1. The number of rotatable bonds is 3. The van der Waals surface area contributed by atoms with Crippen LogP contribution in [-0.4, -0.2) is 33.4 Å². The lowest BCUT2D eigenvalue weighted by Crippen LogP contribution is -2.30. The maximum atomic E-state index is 12.1. The molecule has 0 N–H and O–H groups in total. The van der Waals surface area contributed by atoms with Crippen LogP contribution in [-0.2, 0) is 11.3 Å². The standard InChI is InChI=1S/C14H15N3O3/c18-14(15-7-1-2-8-15)10-16-9-6-11-12(16)4-3-5-13(11)17(19)20/h3-6,9H,1-2,7-8,10H2. The van der Waals surface area contributed by atoms with Crippen molar-refractivity contribution in [3.05, 3.63) is 40.6 Å². The van der Waals surface area contributed by atoms with Gasteiger partial charge in [-0.05, 0) is 25.0 Å². The highest BCUT2D eigenvalue weighted by molar-refractivity contribution is 5.90. The van der Waals surface area contributed by atoms with Gasteiger partial charge in [0.1, 0.15) is 6.54 Å². The lowest BCUT2D eigenvalue weighted by Gasteiger charge is -2.15. The molecule has 20 heavy (non-hydrogen) atoms. The van der Waals surface area contributed by atoms with Crippen LogP contribution in [0.25, 0.3) is 10.9 Å². The first-order valence-corrected chi connectivity index (χ1v) is 6.67. The van der Waals surface area contributed by atoms with Crippen LogP contribution in [0.5, 0.6) is 0 Å². The molecule has 2 heterocycles. The summed E-state index contributed by atoms with van der Waals surface area (Å²) >= 11 is 0. The number of aromatic nitrogens is 1. The Morgan fingerprint density at radius 2 is 2.00 bits per heavy atom. The predicted molar refractivity (Wildman–Crippen MR) is 74.4 cm³/mol. The predicted octanol–water partition coefficient (Wildman–Crippen LogP) is 2.17. The molecule has 0 spiro atoms. The van der Waals surface area contributed by atoms with E-state index in [1.165, 1.54) is 6.07 Å². The molecular weight excluding hydrogens is 258 g/mol. The molecule has 1 amide bonds. The van der Waals surface area contributed by atoms with Crippen molar-refractivity contribution >= 4 is 22.5 Å². The Morgan fingerprint density at radius 3 is 2.70 bits per heavy atom. The lowest BCUT2D eigenvalue weighted by molar-refractivity contribution is -0.383. The van der Waals surface area contributed by atoms with Crippen LogP contribution in [0.4, 0.5) is 5.69 Å². The number of nitro benzene ring substituents is 1. The van der Waals surface area contributed by atoms with Gasteiger partial charge < -0.3 is 9.47 Å². The van der Waals surface area contributed by atoms with Crippen LogP contribution in [0.1, 0.15) is 12.8 Å². The molecule has 0 atom stereocenters. The van der Waals surface area contributed by atoms with Crippen molar-refractivity contribution in [2.24, 2.45) is 0 Å². The van der Waals surface area contributed by atoms with Gasteiger partial charge in [-0.25, -0.2) is 0 Å². The smallest absolute Gasteiger partial charge is 0.278 e. The zero-order valence-corrected chi connectivity index (χ0v) is 11.0. The number of likely N-dealkylation sites (tertiary alicyclic amines) is 1. The highest BCUT2D eigenvalue weighted by atomic mass is 16.6. The third-order valence-electron chi connectivity index (χ3n) is 3.75. The summed E-state index contributed by atoms with van der Waals surface area (Å²) in [6.45, 7) is 1.88. The summed E-state index contributed by atoms with van der Waals surface area (Å²) < 4.78 is 1.78. The molecule has 1 fully saturated rings. The SMILES string of the molecule is O=C(Cn1ccc2c([N+](=O)[O-])cccc21)N1CCCC1. The third-order valence-corrected chi connectivity index (χ3v) is 3.75. The minimum atomic E-state index is -0.394. The highest BCUT2D eigenvalue weighted by Crippen LogP contribution is 2.26. The van der Waals surface area contributed by atoms with E-state index in [1.807, 2.05) is 4.90 Å². The Morgan fingerprint density at radius 1 is 1.25 bits per heavy atom. The molecule has 6 heteroatoms. The second-order valence-corrected chi connectivity index (χ2v) is 5.00. The Balaban J connectivity index is 1.91. The van der Waals surface area contributed by atoms with Crippen LogP contribution in [0.15, 0.2) is 30.5 Å². The van der Waals surface area contributed by atoms with Crippen molar-refractivity contribution in [3.8, 4) is 0 Å². The van der Waals surface area contributed by atoms with Crippen molar-refractivity contribution in [1.29, 1.82) is 0 Å². The van der Waals surface area contributed by atoms with Crippen LogP contribution in [0.3, 0.4) is 0 Å². The van der Waals surface area contributed by atoms with Gasteiger partial charge in [-0.3, -0.25) is 14.9 Å². The Hall–Kier alpha value is -2.37. The van der Waals surface area contributed by atoms with Gasteiger partial charge in [0.05, 0.1) is 15.8 Å². The maximum Gasteiger partial charge on any atom is 0.278 e. The third kappa shape index (κ3) is 2.13. The molecule has 2 aromatic rings. The van der Waals surface area contributed by atoms with E-state index < -0.39 is 4.92 Å². The van der Waals surface area contributed by atoms with Crippen LogP contribution in [0.2, 0.25) is 0 Å². The second-order valence-electron chi connectivity index (χ2n) is 5.00. The minimum absolute atomic E-state index is 0.0755. The highest BCUT2D eigenvalue weighted by Gasteiger charge is 2.20. The first-order chi connectivity index (χ1) is 9.66. The molecule has 0 bridgehead atoms. The molecule has 0 radical (unpaired) electrons. The van der Waals surface area contributed by atoms with E-state index in [0.717, 1.165) is 31.4 Å². The van der Waals surface area contributed by atoms with E-state index in [2.05, 4.69) is 0 Å². The minimum Gasteiger partial charge on any atom is -0.341 e. The zero-order chi connectivity index (χ0) is 14.1. The zero-order valence-electron chi connectivity index (χ0n) is 11.0. The fourth-order valence-corrected chi connectivity index (χ4v) is 2.72. The quantitative estimate of drug-likeness (QED) is 0.635. The van der Waals surface area contributed by atoms with Crippen molar-refractivity contribution < 1.29 is 9.72 Å². The number of carbonyl (C=O) groups excluding carboxylic acids is 1. The molecule has 1 aromatic carbocycles. The van der Waals surface area contributed by atoms with Gasteiger partial charge in [-0.2, -0.15) is 0 Å². The summed E-state index contributed by atoms with van der Waals surface area (Å²) in [6.07, 6.45) is 3.86. The first-order valence-electron chi connectivity index (χ1n) is 6.67. The van der Waals surface area contributed by atoms with E-state index in [9.17, 15) is 14.9 Å². The number of carbonyl (C=O) groups is 1. The van der Waals surface area contributed by atoms with Crippen molar-refractivity contribution in [1.82, 2.24) is 9.47 Å². The van der Waals surface area contributed by atoms with Crippen molar-refractivity contribution in [2.75, 3.05) is 13.1 Å². The van der Waals surface area contributed by atoms with Gasteiger partial charge in [0.25, 0.3) is 5.69 Å². The molecule has 104 valence electrons. The van der Waals surface area contributed by atoms with Crippen molar-refractivity contribution in [2.45, 2.75) is 19.4 Å². The lowest BCUT2D eigenvalue weighted by atomic mass is 10.2. The Bertz CT molecular complexity index is 671. The van der Waals surface area contributed by atoms with Gasteiger partial charge >= 0.3 is 0 Å². The number of nitrogens with zero attached hydrogens (tertiary/aromatic N) is 3. The molecule has 0 saturated carbocycles. The van der Waals surface area contributed by atoms with E-state index in [-0.39, 0.29) is 18.1 Å². The first kappa shape index (κ1) is 12.7. The number of non-ortho nitro benzene ring substituents is 1. The number of benzene rings is 1. The Kier molecular flexibility index (Phi) is 3.14. The largest absolute Gasteiger partial charge is 0.341 e. The Labute approximate surface area is 115 Å². The van der Waals surface area contributed by atoms with E-state index in [4.69, 9.17) is 0 Å². The van der Waals surface area contributed by atoms with E-state index in [1.54, 1.807) is 29.0 Å². The fraction of sp³-hybridized carbons (Fsp3) is 0.357. The molecule has 0 unspecified atom stereocenters. The number of hydrogen-bond acceptors (Lipinski definition) is 3. The van der Waals surface area contributed by atoms with Crippen LogP contribution in [0, 0.1) is 10.1 Å². The number of nitro groups is 1. The van der Waals surface area contributed by atoms with Gasteiger partial charge in [0.2, 0.25) is 5.91 Å². The molecule has 3 rings (SSSR count). The summed E-state index contributed by atoms with van der Waals surface area (Å²) in [5.74, 6) is 0.0755. The second kappa shape index (κ2) is 4.96. The van der Waals surface area contributed by atoms with Crippen LogP contribution < -0.4 is 0 Å². The van der Waals surface area contributed by atoms with Crippen molar-refractivity contribution in [3.63, 3.8) is 0 Å². The van der Waals surface area contributed by atoms with Crippen LogP contribution >= 0.6 is 0 Å². The average molecular weight is 273 g/mol. The summed E-state index contributed by atoms with van der Waals surface area (Å²) in [4.78, 5) is 24.6. The van der Waals surface area contributed by atoms with E-state index >= 15 is 0 Å². The summed E-state index contributed by atoms with van der Waals surface area (Å²) in [6, 6.07) is 6.64. The molecule has 1 aromatic heterocycles. The van der Waals surface area contributed by atoms with Gasteiger partial charge in [0, 0.05) is 25.4 Å². The average Bonchev–Trinajstić information content (AvgIpc) is 3.08. The molecule has 1 aliphatic rings. The number of amides is 1. The summed E-state index contributed by atoms with van der Waals surface area (Å²) in [7, 11) is 0. The molecule has 1 saturated heterocycles. The topological polar surface area (TPSA) is 68.4 Å². The molecule has 1 aliphatic heterocycles. The summed E-state index contributed by atoms with van der Waals surface area (Å²) in [5, 5.41) is 11.6. The normalized spacial score (nSPS) is 14.9. The monoisotopic (exact) mass is 273 g/mol. The summed E-state index contributed by atoms with van der Waals surface area (Å²) in [5.41, 5.74) is 0.807. The number of hydrogen-bond donors (Lipinski definition) is 0. The molecule has 0 aliphatic carbocycles. The fourth-order valence-electron chi connectivity index (χ4n) is 2.72. The van der Waals surface area contributed by atoms with E-state index in [0.29, 0.717) is 5.39 Å². The molecular formula is C14H15N3O3. The van der Waals surface area contributed by atoms with Gasteiger partial charge in [-0.1, -0.05) is 6.07 Å². The maximum absolute atomic E-state index is 12.1. The van der Waals surface area contributed by atoms with Gasteiger partial charge in [0.15, 0.2) is 0 Å². The van der Waals surface area contributed by atoms with Gasteiger partial charge in [-0.15, -0.1) is 0 Å².